The summed E-state index contributed by atoms with van der Waals surface area (Å²) in [5.41, 5.74) is -0.0301. The van der Waals surface area contributed by atoms with Crippen molar-refractivity contribution in [2.24, 2.45) is 5.92 Å². The Morgan fingerprint density at radius 2 is 2.47 bits per heavy atom. The second-order valence-corrected chi connectivity index (χ2v) is 4.94. The van der Waals surface area contributed by atoms with Gasteiger partial charge < -0.3 is 10.1 Å². The van der Waals surface area contributed by atoms with Crippen molar-refractivity contribution in [3.8, 4) is 0 Å². The highest BCUT2D eigenvalue weighted by Gasteiger charge is 2.47. The van der Waals surface area contributed by atoms with Gasteiger partial charge in [0.1, 0.15) is 5.01 Å². The summed E-state index contributed by atoms with van der Waals surface area (Å²) < 4.78 is 5.39. The number of hydrogen-bond donors (Lipinski definition) is 1. The van der Waals surface area contributed by atoms with Crippen LogP contribution < -0.4 is 5.32 Å². The molecule has 3 nitrogen and oxygen atoms in total. The zero-order valence-electron chi connectivity index (χ0n) is 9.32. The van der Waals surface area contributed by atoms with Crippen LogP contribution >= 0.6 is 11.3 Å². The molecule has 1 aliphatic carbocycles. The van der Waals surface area contributed by atoms with Crippen molar-refractivity contribution in [2.45, 2.75) is 25.3 Å². The molecule has 1 heterocycles. The van der Waals surface area contributed by atoms with Gasteiger partial charge >= 0.3 is 0 Å². The van der Waals surface area contributed by atoms with Crippen molar-refractivity contribution < 1.29 is 4.74 Å². The molecule has 1 unspecified atom stereocenters. The van der Waals surface area contributed by atoms with Gasteiger partial charge in [0.2, 0.25) is 0 Å². The Hall–Kier alpha value is -0.450. The van der Waals surface area contributed by atoms with E-state index in [4.69, 9.17) is 4.74 Å². The smallest absolute Gasteiger partial charge is 0.115 e. The quantitative estimate of drug-likeness (QED) is 0.805. The van der Waals surface area contributed by atoms with E-state index in [0.29, 0.717) is 5.92 Å². The van der Waals surface area contributed by atoms with Crippen LogP contribution in [-0.2, 0) is 10.3 Å². The fourth-order valence-electron chi connectivity index (χ4n) is 2.19. The van der Waals surface area contributed by atoms with Crippen LogP contribution in [0.15, 0.2) is 11.6 Å². The molecule has 4 heteroatoms. The lowest BCUT2D eigenvalue weighted by molar-refractivity contribution is 0.0937. The number of ether oxygens (including phenoxy) is 1. The number of nitrogens with zero attached hydrogens (tertiary/aromatic N) is 1. The van der Waals surface area contributed by atoms with Crippen LogP contribution in [0.2, 0.25) is 0 Å². The maximum Gasteiger partial charge on any atom is 0.115 e. The molecule has 1 aromatic heterocycles. The number of methoxy groups -OCH3 is 1. The summed E-state index contributed by atoms with van der Waals surface area (Å²) in [6.07, 6.45) is 4.45. The topological polar surface area (TPSA) is 34.1 Å². The highest BCUT2D eigenvalue weighted by Crippen LogP contribution is 2.46. The van der Waals surface area contributed by atoms with E-state index in [-0.39, 0.29) is 5.54 Å². The van der Waals surface area contributed by atoms with Crippen molar-refractivity contribution in [1.82, 2.24) is 10.3 Å². The van der Waals surface area contributed by atoms with E-state index in [1.807, 2.05) is 11.6 Å². The maximum absolute atomic E-state index is 5.39. The molecule has 0 amide bonds. The van der Waals surface area contributed by atoms with Gasteiger partial charge in [-0.3, -0.25) is 0 Å². The standard InChI is InChI=1S/C11H18N2OS/c1-3-13-11(8-14-2,9-4-5-9)10-12-6-7-15-10/h6-7,9,13H,3-5,8H2,1-2H3. The summed E-state index contributed by atoms with van der Waals surface area (Å²) in [5.74, 6) is 0.698. The van der Waals surface area contributed by atoms with Crippen LogP contribution in [0.25, 0.3) is 0 Å². The van der Waals surface area contributed by atoms with E-state index in [1.54, 1.807) is 18.4 Å². The molecule has 84 valence electrons. The second-order valence-electron chi connectivity index (χ2n) is 4.05. The largest absolute Gasteiger partial charge is 0.382 e. The van der Waals surface area contributed by atoms with Gasteiger partial charge in [-0.25, -0.2) is 4.98 Å². The predicted molar refractivity (Wildman–Crippen MR) is 62.1 cm³/mol. The van der Waals surface area contributed by atoms with Crippen LogP contribution in [0.5, 0.6) is 0 Å². The molecular weight excluding hydrogens is 208 g/mol. The molecule has 0 spiro atoms. The molecule has 1 atom stereocenters. The number of hydrogen-bond acceptors (Lipinski definition) is 4. The third kappa shape index (κ3) is 2.07. The number of nitrogens with one attached hydrogen (secondary N) is 1. The van der Waals surface area contributed by atoms with Gasteiger partial charge in [0.05, 0.1) is 12.1 Å². The highest BCUT2D eigenvalue weighted by atomic mass is 32.1. The first-order valence-corrected chi connectivity index (χ1v) is 6.35. The zero-order valence-corrected chi connectivity index (χ0v) is 10.1. The molecule has 1 aromatic rings. The molecule has 1 fully saturated rings. The van der Waals surface area contributed by atoms with Crippen LogP contribution in [0.3, 0.4) is 0 Å². The minimum Gasteiger partial charge on any atom is -0.382 e. The second kappa shape index (κ2) is 4.60. The average Bonchev–Trinajstić information content (AvgIpc) is 2.94. The van der Waals surface area contributed by atoms with Gasteiger partial charge in [-0.2, -0.15) is 0 Å². The van der Waals surface area contributed by atoms with Crippen LogP contribution in [0.1, 0.15) is 24.8 Å². The Morgan fingerprint density at radius 1 is 1.67 bits per heavy atom. The predicted octanol–water partition coefficient (Wildman–Crippen LogP) is 2.00. The minimum atomic E-state index is -0.0301. The molecule has 1 aliphatic rings. The van der Waals surface area contributed by atoms with E-state index in [9.17, 15) is 0 Å². The van der Waals surface area contributed by atoms with Crippen LogP contribution in [-0.4, -0.2) is 25.2 Å². The summed E-state index contributed by atoms with van der Waals surface area (Å²) in [5, 5.41) is 6.80. The highest BCUT2D eigenvalue weighted by molar-refractivity contribution is 7.09. The number of thiazole rings is 1. The first-order chi connectivity index (χ1) is 7.33. The summed E-state index contributed by atoms with van der Waals surface area (Å²) in [6.45, 7) is 3.82. The van der Waals surface area contributed by atoms with E-state index in [2.05, 4.69) is 17.2 Å². The van der Waals surface area contributed by atoms with Crippen LogP contribution in [0, 0.1) is 5.92 Å². The Morgan fingerprint density at radius 3 is 2.93 bits per heavy atom. The molecule has 1 saturated carbocycles. The Bertz CT molecular complexity index is 290. The lowest BCUT2D eigenvalue weighted by Crippen LogP contribution is -2.48. The summed E-state index contributed by atoms with van der Waals surface area (Å²) in [7, 11) is 1.77. The molecule has 1 N–H and O–H groups in total. The monoisotopic (exact) mass is 226 g/mol. The molecule has 0 radical (unpaired) electrons. The minimum absolute atomic E-state index is 0.0301. The van der Waals surface area contributed by atoms with Gasteiger partial charge in [-0.05, 0) is 25.3 Å². The normalized spacial score (nSPS) is 20.1. The van der Waals surface area contributed by atoms with Gasteiger partial charge in [0.15, 0.2) is 0 Å². The van der Waals surface area contributed by atoms with Crippen molar-refractivity contribution >= 4 is 11.3 Å². The average molecular weight is 226 g/mol. The third-order valence-corrected chi connectivity index (χ3v) is 3.90. The van der Waals surface area contributed by atoms with Gasteiger partial charge in [-0.1, -0.05) is 6.92 Å². The van der Waals surface area contributed by atoms with Crippen LogP contribution in [0.4, 0.5) is 0 Å². The third-order valence-electron chi connectivity index (χ3n) is 2.95. The first-order valence-electron chi connectivity index (χ1n) is 5.47. The number of likely N-dealkylation sites (N-methyl/N-ethyl adjacent to an activating group) is 1. The van der Waals surface area contributed by atoms with Crippen molar-refractivity contribution in [3.05, 3.63) is 16.6 Å². The van der Waals surface area contributed by atoms with Gasteiger partial charge in [0.25, 0.3) is 0 Å². The first kappa shape index (κ1) is 11.0. The van der Waals surface area contributed by atoms with E-state index in [0.717, 1.165) is 13.2 Å². The molecule has 15 heavy (non-hydrogen) atoms. The molecule has 0 bridgehead atoms. The Labute approximate surface area is 94.9 Å². The van der Waals surface area contributed by atoms with E-state index >= 15 is 0 Å². The summed E-state index contributed by atoms with van der Waals surface area (Å²) in [4.78, 5) is 4.46. The Kier molecular flexibility index (Phi) is 3.38. The van der Waals surface area contributed by atoms with Gasteiger partial charge in [0, 0.05) is 18.7 Å². The molecule has 2 rings (SSSR count). The number of rotatable bonds is 6. The lowest BCUT2D eigenvalue weighted by Gasteiger charge is -2.32. The molecular formula is C11H18N2OS. The van der Waals surface area contributed by atoms with Crippen molar-refractivity contribution in [2.75, 3.05) is 20.3 Å². The molecule has 0 aliphatic heterocycles. The Balaban J connectivity index is 2.26. The SMILES string of the molecule is CCNC(COC)(c1nccs1)C1CC1. The van der Waals surface area contributed by atoms with Crippen molar-refractivity contribution in [1.29, 1.82) is 0 Å². The van der Waals surface area contributed by atoms with E-state index in [1.165, 1.54) is 17.8 Å². The maximum atomic E-state index is 5.39. The number of aromatic nitrogens is 1. The van der Waals surface area contributed by atoms with E-state index < -0.39 is 0 Å². The fraction of sp³-hybridized carbons (Fsp3) is 0.727. The molecule has 0 aromatic carbocycles. The lowest BCUT2D eigenvalue weighted by atomic mass is 9.95. The van der Waals surface area contributed by atoms with Gasteiger partial charge in [-0.15, -0.1) is 11.3 Å². The molecule has 0 saturated heterocycles. The van der Waals surface area contributed by atoms with Crippen molar-refractivity contribution in [3.63, 3.8) is 0 Å². The zero-order chi connectivity index (χ0) is 10.7. The summed E-state index contributed by atoms with van der Waals surface area (Å²) >= 11 is 1.72. The summed E-state index contributed by atoms with van der Waals surface area (Å²) in [6, 6.07) is 0. The fourth-order valence-corrected chi connectivity index (χ4v) is 3.07.